The number of hydrogen-bond acceptors (Lipinski definition) is 3. The second kappa shape index (κ2) is 5.68. The molecule has 0 radical (unpaired) electrons. The van der Waals surface area contributed by atoms with Gasteiger partial charge in [-0.15, -0.1) is 0 Å². The zero-order valence-corrected chi connectivity index (χ0v) is 9.98. The number of pyridine rings is 1. The maximum absolute atomic E-state index is 13.3. The lowest BCUT2D eigenvalue weighted by molar-refractivity contribution is 0.443. The number of nitrogens with one attached hydrogen (secondary N) is 1. The molecular formula is C12H14F2N4. The molecule has 1 N–H and O–H groups in total. The highest BCUT2D eigenvalue weighted by Crippen LogP contribution is 2.07. The quantitative estimate of drug-likeness (QED) is 0.824. The van der Waals surface area contributed by atoms with Crippen LogP contribution in [-0.4, -0.2) is 20.8 Å². The lowest BCUT2D eigenvalue weighted by atomic mass is 10.2. The van der Waals surface area contributed by atoms with Crippen LogP contribution in [0.1, 0.15) is 12.5 Å². The first-order valence-electron chi connectivity index (χ1n) is 5.66. The van der Waals surface area contributed by atoms with Gasteiger partial charge in [-0.3, -0.25) is 4.68 Å². The molecule has 18 heavy (non-hydrogen) atoms. The van der Waals surface area contributed by atoms with E-state index in [-0.39, 0.29) is 18.2 Å². The fraction of sp³-hybridized carbons (Fsp3) is 0.333. The summed E-state index contributed by atoms with van der Waals surface area (Å²) in [6.07, 6.45) is 4.44. The van der Waals surface area contributed by atoms with Crippen molar-refractivity contribution in [3.63, 3.8) is 0 Å². The van der Waals surface area contributed by atoms with Gasteiger partial charge in [0.1, 0.15) is 5.82 Å². The van der Waals surface area contributed by atoms with Crippen LogP contribution in [-0.2, 0) is 13.1 Å². The molecule has 6 heteroatoms. The van der Waals surface area contributed by atoms with Gasteiger partial charge in [-0.25, -0.2) is 9.37 Å². The van der Waals surface area contributed by atoms with E-state index in [0.29, 0.717) is 6.54 Å². The van der Waals surface area contributed by atoms with Crippen LogP contribution in [0, 0.1) is 11.8 Å². The van der Waals surface area contributed by atoms with Crippen LogP contribution < -0.4 is 5.32 Å². The molecule has 0 aliphatic heterocycles. The molecule has 0 bridgehead atoms. The Balaban J connectivity index is 1.89. The minimum absolute atomic E-state index is 0.0977. The summed E-state index contributed by atoms with van der Waals surface area (Å²) in [6, 6.07) is 3.04. The lowest BCUT2D eigenvalue weighted by Crippen LogP contribution is -2.30. The molecule has 2 heterocycles. The average molecular weight is 252 g/mol. The van der Waals surface area contributed by atoms with E-state index in [9.17, 15) is 8.78 Å². The summed E-state index contributed by atoms with van der Waals surface area (Å²) in [4.78, 5) is 3.24. The first-order valence-corrected chi connectivity index (χ1v) is 5.66. The van der Waals surface area contributed by atoms with Gasteiger partial charge in [0.25, 0.3) is 0 Å². The zero-order valence-electron chi connectivity index (χ0n) is 9.98. The predicted molar refractivity (Wildman–Crippen MR) is 62.7 cm³/mol. The third-order valence-corrected chi connectivity index (χ3v) is 2.56. The van der Waals surface area contributed by atoms with Gasteiger partial charge in [-0.05, 0) is 13.0 Å². The minimum Gasteiger partial charge on any atom is -0.308 e. The number of rotatable bonds is 5. The lowest BCUT2D eigenvalue weighted by Gasteiger charge is -2.14. The standard InChI is InChI=1S/C12H14F2N4/c1-9(8-18-4-2-3-17-18)15-6-10-5-12(14)16-7-11(10)13/h2-5,7,9,15H,6,8H2,1H3/t9-/m0/s1. The number of aromatic nitrogens is 3. The fourth-order valence-electron chi connectivity index (χ4n) is 1.62. The van der Waals surface area contributed by atoms with Crippen LogP contribution in [0.4, 0.5) is 8.78 Å². The topological polar surface area (TPSA) is 42.7 Å². The molecular weight excluding hydrogens is 238 g/mol. The smallest absolute Gasteiger partial charge is 0.213 e. The van der Waals surface area contributed by atoms with Crippen molar-refractivity contribution in [1.29, 1.82) is 0 Å². The Labute approximate surface area is 104 Å². The molecule has 2 aromatic heterocycles. The predicted octanol–water partition coefficient (Wildman–Crippen LogP) is 1.73. The Bertz CT molecular complexity index is 499. The second-order valence-corrected chi connectivity index (χ2v) is 4.11. The first kappa shape index (κ1) is 12.6. The monoisotopic (exact) mass is 252 g/mol. The van der Waals surface area contributed by atoms with Gasteiger partial charge in [0.2, 0.25) is 5.95 Å². The van der Waals surface area contributed by atoms with Crippen LogP contribution >= 0.6 is 0 Å². The van der Waals surface area contributed by atoms with Gasteiger partial charge in [-0.1, -0.05) is 0 Å². The maximum atomic E-state index is 13.3. The summed E-state index contributed by atoms with van der Waals surface area (Å²) in [7, 11) is 0. The largest absolute Gasteiger partial charge is 0.308 e. The summed E-state index contributed by atoms with van der Waals surface area (Å²) < 4.78 is 27.9. The highest BCUT2D eigenvalue weighted by Gasteiger charge is 2.07. The first-order chi connectivity index (χ1) is 8.65. The van der Waals surface area contributed by atoms with E-state index in [4.69, 9.17) is 0 Å². The van der Waals surface area contributed by atoms with Gasteiger partial charge in [0.05, 0.1) is 12.7 Å². The molecule has 0 aromatic carbocycles. The van der Waals surface area contributed by atoms with E-state index in [0.717, 1.165) is 12.3 Å². The fourth-order valence-corrected chi connectivity index (χ4v) is 1.62. The van der Waals surface area contributed by atoms with Crippen LogP contribution in [0.3, 0.4) is 0 Å². The van der Waals surface area contributed by atoms with Crippen molar-refractivity contribution >= 4 is 0 Å². The van der Waals surface area contributed by atoms with E-state index >= 15 is 0 Å². The number of halogens is 2. The zero-order chi connectivity index (χ0) is 13.0. The van der Waals surface area contributed by atoms with Crippen molar-refractivity contribution in [2.45, 2.75) is 26.1 Å². The summed E-state index contributed by atoms with van der Waals surface area (Å²) >= 11 is 0. The summed E-state index contributed by atoms with van der Waals surface area (Å²) in [5.74, 6) is -1.18. The summed E-state index contributed by atoms with van der Waals surface area (Å²) in [5, 5.41) is 7.19. The molecule has 2 rings (SSSR count). The molecule has 0 aliphatic carbocycles. The molecule has 0 unspecified atom stereocenters. The Morgan fingerprint density at radius 3 is 3.00 bits per heavy atom. The van der Waals surface area contributed by atoms with Crippen molar-refractivity contribution < 1.29 is 8.78 Å². The SMILES string of the molecule is C[C@@H](Cn1cccn1)NCc1cc(F)ncc1F. The van der Waals surface area contributed by atoms with Crippen LogP contribution in [0.2, 0.25) is 0 Å². The third kappa shape index (κ3) is 3.33. The van der Waals surface area contributed by atoms with Gasteiger partial charge < -0.3 is 5.32 Å². The van der Waals surface area contributed by atoms with Crippen LogP contribution in [0.15, 0.2) is 30.7 Å². The molecule has 1 atom stereocenters. The number of nitrogens with zero attached hydrogens (tertiary/aromatic N) is 3. The van der Waals surface area contributed by atoms with Crippen molar-refractivity contribution in [3.05, 3.63) is 48.1 Å². The minimum atomic E-state index is -0.673. The molecule has 0 aliphatic rings. The van der Waals surface area contributed by atoms with E-state index in [2.05, 4.69) is 15.4 Å². The van der Waals surface area contributed by atoms with Gasteiger partial charge in [0.15, 0.2) is 0 Å². The van der Waals surface area contributed by atoms with Crippen molar-refractivity contribution in [1.82, 2.24) is 20.1 Å². The third-order valence-electron chi connectivity index (χ3n) is 2.56. The van der Waals surface area contributed by atoms with Crippen LogP contribution in [0.25, 0.3) is 0 Å². The molecule has 0 fully saturated rings. The van der Waals surface area contributed by atoms with E-state index in [1.54, 1.807) is 10.9 Å². The van der Waals surface area contributed by atoms with Crippen LogP contribution in [0.5, 0.6) is 0 Å². The van der Waals surface area contributed by atoms with Crippen molar-refractivity contribution in [3.8, 4) is 0 Å². The molecule has 0 saturated heterocycles. The molecule has 0 spiro atoms. The van der Waals surface area contributed by atoms with Gasteiger partial charge in [-0.2, -0.15) is 9.49 Å². The molecule has 96 valence electrons. The van der Waals surface area contributed by atoms with Gasteiger partial charge in [0, 0.05) is 36.6 Å². The van der Waals surface area contributed by atoms with Crippen molar-refractivity contribution in [2.24, 2.45) is 0 Å². The average Bonchev–Trinajstić information content (AvgIpc) is 2.83. The van der Waals surface area contributed by atoms with Gasteiger partial charge >= 0.3 is 0 Å². The molecule has 4 nitrogen and oxygen atoms in total. The number of hydrogen-bond donors (Lipinski definition) is 1. The van der Waals surface area contributed by atoms with Crippen molar-refractivity contribution in [2.75, 3.05) is 0 Å². The normalized spacial score (nSPS) is 12.6. The summed E-state index contributed by atoms with van der Waals surface area (Å²) in [5.41, 5.74) is 0.273. The highest BCUT2D eigenvalue weighted by molar-refractivity contribution is 5.13. The summed E-state index contributed by atoms with van der Waals surface area (Å²) in [6.45, 7) is 2.88. The van der Waals surface area contributed by atoms with E-state index in [1.807, 2.05) is 19.2 Å². The Kier molecular flexibility index (Phi) is 3.99. The maximum Gasteiger partial charge on any atom is 0.213 e. The Morgan fingerprint density at radius 2 is 2.28 bits per heavy atom. The van der Waals surface area contributed by atoms with E-state index < -0.39 is 11.8 Å². The Morgan fingerprint density at radius 1 is 1.44 bits per heavy atom. The second-order valence-electron chi connectivity index (χ2n) is 4.11. The highest BCUT2D eigenvalue weighted by atomic mass is 19.1. The van der Waals surface area contributed by atoms with E-state index in [1.165, 1.54) is 0 Å². The molecule has 0 amide bonds. The molecule has 0 saturated carbocycles. The Hall–Kier alpha value is -1.82. The molecule has 2 aromatic rings.